The molecule has 2 rings (SSSR count). The maximum Gasteiger partial charge on any atom is 0.0659 e. The van der Waals surface area contributed by atoms with Crippen LogP contribution in [0.25, 0.3) is 0 Å². The molecule has 1 unspecified atom stereocenters. The summed E-state index contributed by atoms with van der Waals surface area (Å²) in [6.45, 7) is 4.93. The van der Waals surface area contributed by atoms with Gasteiger partial charge in [-0.15, -0.1) is 0 Å². The van der Waals surface area contributed by atoms with Crippen molar-refractivity contribution in [3.63, 3.8) is 0 Å². The first-order chi connectivity index (χ1) is 9.63. The van der Waals surface area contributed by atoms with Crippen LogP contribution in [0.15, 0.2) is 42.7 Å². The largest absolute Gasteiger partial charge is 0.309 e. The summed E-state index contributed by atoms with van der Waals surface area (Å²) in [5, 5.41) is 7.93. The van der Waals surface area contributed by atoms with Crippen LogP contribution in [0.5, 0.6) is 0 Å². The second-order valence-electron chi connectivity index (χ2n) is 5.58. The van der Waals surface area contributed by atoms with Crippen LogP contribution in [-0.2, 0) is 13.1 Å². The molecule has 108 valence electrons. The van der Waals surface area contributed by atoms with Crippen molar-refractivity contribution in [2.75, 3.05) is 20.6 Å². The fourth-order valence-electron chi connectivity index (χ4n) is 2.26. The van der Waals surface area contributed by atoms with Gasteiger partial charge in [-0.3, -0.25) is 4.68 Å². The first-order valence-electron chi connectivity index (χ1n) is 7.07. The number of nitrogens with zero attached hydrogens (tertiary/aromatic N) is 3. The Labute approximate surface area is 121 Å². The Morgan fingerprint density at radius 1 is 1.20 bits per heavy atom. The molecule has 4 nitrogen and oxygen atoms in total. The molecule has 4 heteroatoms. The van der Waals surface area contributed by atoms with Crippen LogP contribution in [-0.4, -0.2) is 41.4 Å². The minimum absolute atomic E-state index is 0.475. The molecule has 0 bridgehead atoms. The summed E-state index contributed by atoms with van der Waals surface area (Å²) < 4.78 is 1.99. The van der Waals surface area contributed by atoms with E-state index < -0.39 is 0 Å². The Hall–Kier alpha value is -1.65. The second-order valence-corrected chi connectivity index (χ2v) is 5.58. The highest BCUT2D eigenvalue weighted by molar-refractivity contribution is 5.15. The standard InChI is InChI=1S/C16H24N4/c1-14(11-19(2)3)17-9-16-10-18-20(13-16)12-15-7-5-4-6-8-15/h4-8,10,13-14,17H,9,11-12H2,1-3H3. The summed E-state index contributed by atoms with van der Waals surface area (Å²) >= 11 is 0. The molecule has 0 aliphatic carbocycles. The van der Waals surface area contributed by atoms with Crippen molar-refractivity contribution >= 4 is 0 Å². The van der Waals surface area contributed by atoms with Crippen molar-refractivity contribution in [1.29, 1.82) is 0 Å². The Morgan fingerprint density at radius 2 is 1.95 bits per heavy atom. The molecule has 0 spiro atoms. The fourth-order valence-corrected chi connectivity index (χ4v) is 2.26. The third-order valence-electron chi connectivity index (χ3n) is 3.17. The molecule has 0 radical (unpaired) electrons. The molecule has 1 heterocycles. The van der Waals surface area contributed by atoms with Gasteiger partial charge in [0.2, 0.25) is 0 Å². The zero-order valence-corrected chi connectivity index (χ0v) is 12.6. The van der Waals surface area contributed by atoms with Gasteiger partial charge in [0.25, 0.3) is 0 Å². The molecule has 1 aromatic heterocycles. The van der Waals surface area contributed by atoms with E-state index in [1.165, 1.54) is 11.1 Å². The van der Waals surface area contributed by atoms with Crippen LogP contribution in [0.4, 0.5) is 0 Å². The van der Waals surface area contributed by atoms with Crippen LogP contribution >= 0.6 is 0 Å². The summed E-state index contributed by atoms with van der Waals surface area (Å²) in [6, 6.07) is 10.9. The third kappa shape index (κ3) is 4.79. The zero-order chi connectivity index (χ0) is 14.4. The van der Waals surface area contributed by atoms with Gasteiger partial charge in [0.1, 0.15) is 0 Å². The molecule has 20 heavy (non-hydrogen) atoms. The molecule has 0 saturated carbocycles. The smallest absolute Gasteiger partial charge is 0.0659 e. The maximum absolute atomic E-state index is 4.42. The lowest BCUT2D eigenvalue weighted by Gasteiger charge is -2.17. The van der Waals surface area contributed by atoms with Crippen LogP contribution < -0.4 is 5.32 Å². The zero-order valence-electron chi connectivity index (χ0n) is 12.6. The SMILES string of the molecule is CC(CN(C)C)NCc1cnn(Cc2ccccc2)c1. The van der Waals surface area contributed by atoms with Crippen molar-refractivity contribution in [2.45, 2.75) is 26.1 Å². The lowest BCUT2D eigenvalue weighted by molar-refractivity contribution is 0.349. The Kier molecular flexibility index (Phi) is 5.32. The third-order valence-corrected chi connectivity index (χ3v) is 3.17. The molecule has 1 N–H and O–H groups in total. The van der Waals surface area contributed by atoms with E-state index in [0.717, 1.165) is 19.6 Å². The van der Waals surface area contributed by atoms with E-state index in [1.807, 2.05) is 16.9 Å². The molecular weight excluding hydrogens is 248 g/mol. The lowest BCUT2D eigenvalue weighted by atomic mass is 10.2. The molecular formula is C16H24N4. The van der Waals surface area contributed by atoms with Crippen LogP contribution in [0.2, 0.25) is 0 Å². The molecule has 0 fully saturated rings. The Balaban J connectivity index is 1.83. The van der Waals surface area contributed by atoms with Gasteiger partial charge in [0, 0.05) is 30.9 Å². The maximum atomic E-state index is 4.42. The summed E-state index contributed by atoms with van der Waals surface area (Å²) in [5.74, 6) is 0. The molecule has 0 aliphatic heterocycles. The molecule has 2 aromatic rings. The molecule has 1 aromatic carbocycles. The second kappa shape index (κ2) is 7.22. The molecule has 0 aliphatic rings. The first kappa shape index (κ1) is 14.8. The van der Waals surface area contributed by atoms with Gasteiger partial charge in [-0.1, -0.05) is 30.3 Å². The summed E-state index contributed by atoms with van der Waals surface area (Å²) in [6.07, 6.45) is 4.06. The summed E-state index contributed by atoms with van der Waals surface area (Å²) in [5.41, 5.74) is 2.50. The predicted molar refractivity (Wildman–Crippen MR) is 82.6 cm³/mol. The average Bonchev–Trinajstić information content (AvgIpc) is 2.84. The van der Waals surface area contributed by atoms with E-state index in [0.29, 0.717) is 6.04 Å². The van der Waals surface area contributed by atoms with Gasteiger partial charge < -0.3 is 10.2 Å². The number of hydrogen-bond donors (Lipinski definition) is 1. The van der Waals surface area contributed by atoms with Gasteiger partial charge in [-0.25, -0.2) is 0 Å². The van der Waals surface area contributed by atoms with Gasteiger partial charge in [0.05, 0.1) is 12.7 Å². The van der Waals surface area contributed by atoms with Crippen LogP contribution in [0.3, 0.4) is 0 Å². The van der Waals surface area contributed by atoms with Gasteiger partial charge >= 0.3 is 0 Å². The monoisotopic (exact) mass is 272 g/mol. The predicted octanol–water partition coefficient (Wildman–Crippen LogP) is 1.97. The van der Waals surface area contributed by atoms with Crippen molar-refractivity contribution < 1.29 is 0 Å². The van der Waals surface area contributed by atoms with E-state index in [-0.39, 0.29) is 0 Å². The minimum atomic E-state index is 0.475. The van der Waals surface area contributed by atoms with Crippen molar-refractivity contribution in [2.24, 2.45) is 0 Å². The van der Waals surface area contributed by atoms with Crippen LogP contribution in [0.1, 0.15) is 18.1 Å². The van der Waals surface area contributed by atoms with Crippen molar-refractivity contribution in [3.05, 3.63) is 53.9 Å². The highest BCUT2D eigenvalue weighted by atomic mass is 15.3. The number of benzene rings is 1. The summed E-state index contributed by atoms with van der Waals surface area (Å²) in [4.78, 5) is 2.19. The van der Waals surface area contributed by atoms with Gasteiger partial charge in [-0.2, -0.15) is 5.10 Å². The topological polar surface area (TPSA) is 33.1 Å². The normalized spacial score (nSPS) is 12.8. The Morgan fingerprint density at radius 3 is 2.65 bits per heavy atom. The van der Waals surface area contributed by atoms with Gasteiger partial charge in [0.15, 0.2) is 0 Å². The van der Waals surface area contributed by atoms with E-state index in [4.69, 9.17) is 0 Å². The first-order valence-corrected chi connectivity index (χ1v) is 7.07. The summed E-state index contributed by atoms with van der Waals surface area (Å²) in [7, 11) is 4.19. The molecule has 0 saturated heterocycles. The number of likely N-dealkylation sites (N-methyl/N-ethyl adjacent to an activating group) is 1. The van der Waals surface area contributed by atoms with E-state index in [2.05, 4.69) is 66.8 Å². The molecule has 0 amide bonds. The van der Waals surface area contributed by atoms with Crippen molar-refractivity contribution in [1.82, 2.24) is 20.0 Å². The van der Waals surface area contributed by atoms with E-state index in [9.17, 15) is 0 Å². The lowest BCUT2D eigenvalue weighted by Crippen LogP contribution is -2.35. The minimum Gasteiger partial charge on any atom is -0.309 e. The van der Waals surface area contributed by atoms with Crippen molar-refractivity contribution in [3.8, 4) is 0 Å². The fraction of sp³-hybridized carbons (Fsp3) is 0.438. The Bertz CT molecular complexity index is 504. The quantitative estimate of drug-likeness (QED) is 0.836. The number of hydrogen-bond acceptors (Lipinski definition) is 3. The van der Waals surface area contributed by atoms with E-state index in [1.54, 1.807) is 0 Å². The number of nitrogens with one attached hydrogen (secondary N) is 1. The highest BCUT2D eigenvalue weighted by Crippen LogP contribution is 2.04. The highest BCUT2D eigenvalue weighted by Gasteiger charge is 2.04. The van der Waals surface area contributed by atoms with E-state index >= 15 is 0 Å². The number of aromatic nitrogens is 2. The van der Waals surface area contributed by atoms with Crippen LogP contribution in [0, 0.1) is 0 Å². The molecule has 1 atom stereocenters. The average molecular weight is 272 g/mol. The van der Waals surface area contributed by atoms with Gasteiger partial charge in [-0.05, 0) is 26.6 Å². The number of rotatable bonds is 7.